The van der Waals surface area contributed by atoms with Crippen LogP contribution in [0.15, 0.2) is 30.5 Å². The zero-order chi connectivity index (χ0) is 20.4. The van der Waals surface area contributed by atoms with E-state index in [-0.39, 0.29) is 11.4 Å². The van der Waals surface area contributed by atoms with Gasteiger partial charge in [0.1, 0.15) is 6.20 Å². The molecule has 9 nitrogen and oxygen atoms in total. The van der Waals surface area contributed by atoms with Gasteiger partial charge in [-0.25, -0.2) is 0 Å². The van der Waals surface area contributed by atoms with Crippen molar-refractivity contribution in [1.82, 2.24) is 19.6 Å². The van der Waals surface area contributed by atoms with Crippen LogP contribution in [0, 0.1) is 30.9 Å². The molecule has 2 aromatic heterocycles. The number of hydrogen-bond acceptors (Lipinski definition) is 5. The van der Waals surface area contributed by atoms with Gasteiger partial charge in [0.15, 0.2) is 0 Å². The van der Waals surface area contributed by atoms with Gasteiger partial charge in [-0.3, -0.25) is 24.3 Å². The zero-order valence-electron chi connectivity index (χ0n) is 16.3. The molecule has 1 N–H and O–H groups in total. The van der Waals surface area contributed by atoms with Crippen molar-refractivity contribution in [3.8, 4) is 0 Å². The van der Waals surface area contributed by atoms with Crippen molar-refractivity contribution in [2.24, 2.45) is 0 Å². The second kappa shape index (κ2) is 7.63. The number of carbonyl (C=O) groups excluding carboxylic acids is 1. The molecule has 28 heavy (non-hydrogen) atoms. The Morgan fingerprint density at radius 3 is 2.57 bits per heavy atom. The quantitative estimate of drug-likeness (QED) is 0.520. The summed E-state index contributed by atoms with van der Waals surface area (Å²) in [6.45, 7) is 8.47. The highest BCUT2D eigenvalue weighted by Crippen LogP contribution is 2.24. The van der Waals surface area contributed by atoms with E-state index in [2.05, 4.69) is 15.5 Å². The molecule has 3 rings (SSSR count). The third kappa shape index (κ3) is 3.64. The number of carbonyl (C=O) groups is 1. The first-order valence-corrected chi connectivity index (χ1v) is 8.93. The van der Waals surface area contributed by atoms with Crippen LogP contribution in [0.5, 0.6) is 0 Å². The highest BCUT2D eigenvalue weighted by molar-refractivity contribution is 6.06. The minimum atomic E-state index is -0.624. The minimum Gasteiger partial charge on any atom is -0.317 e. The van der Waals surface area contributed by atoms with Crippen LogP contribution in [0.25, 0.3) is 0 Å². The first-order chi connectivity index (χ1) is 13.3. The van der Waals surface area contributed by atoms with E-state index < -0.39 is 10.8 Å². The number of benzene rings is 1. The molecule has 0 saturated heterocycles. The van der Waals surface area contributed by atoms with Crippen LogP contribution in [0.2, 0.25) is 0 Å². The lowest BCUT2D eigenvalue weighted by atomic mass is 10.1. The number of aryl methyl sites for hydroxylation is 3. The molecule has 0 saturated carbocycles. The lowest BCUT2D eigenvalue weighted by Crippen LogP contribution is -2.16. The summed E-state index contributed by atoms with van der Waals surface area (Å²) in [5, 5.41) is 22.5. The van der Waals surface area contributed by atoms with Crippen LogP contribution >= 0.6 is 0 Å². The maximum absolute atomic E-state index is 12.7. The van der Waals surface area contributed by atoms with E-state index >= 15 is 0 Å². The first kappa shape index (κ1) is 19.3. The smallest absolute Gasteiger partial charge is 0.317 e. The van der Waals surface area contributed by atoms with E-state index in [1.54, 1.807) is 13.8 Å². The number of hydrogen-bond donors (Lipinski definition) is 1. The Labute approximate surface area is 162 Å². The summed E-state index contributed by atoms with van der Waals surface area (Å²) < 4.78 is 3.18. The summed E-state index contributed by atoms with van der Waals surface area (Å²) >= 11 is 0. The summed E-state index contributed by atoms with van der Waals surface area (Å²) in [6, 6.07) is 8.02. The Hall–Kier alpha value is -3.49. The average molecular weight is 382 g/mol. The lowest BCUT2D eigenvalue weighted by Gasteiger charge is -2.08. The molecule has 0 fully saturated rings. The second-order valence-electron chi connectivity index (χ2n) is 6.56. The summed E-state index contributed by atoms with van der Waals surface area (Å²) in [7, 11) is 0. The highest BCUT2D eigenvalue weighted by Gasteiger charge is 2.27. The van der Waals surface area contributed by atoms with Crippen molar-refractivity contribution in [3.05, 3.63) is 68.8 Å². The van der Waals surface area contributed by atoms with Crippen LogP contribution in [0.3, 0.4) is 0 Å². The predicted molar refractivity (Wildman–Crippen MR) is 104 cm³/mol. The maximum Gasteiger partial charge on any atom is 0.320 e. The summed E-state index contributed by atoms with van der Waals surface area (Å²) in [6.07, 6.45) is 1.26. The van der Waals surface area contributed by atoms with Crippen LogP contribution < -0.4 is 5.32 Å². The predicted octanol–water partition coefficient (Wildman–Crippen LogP) is 3.23. The van der Waals surface area contributed by atoms with Gasteiger partial charge in [-0.05, 0) is 38.8 Å². The van der Waals surface area contributed by atoms with Crippen LogP contribution in [0.4, 0.5) is 11.4 Å². The van der Waals surface area contributed by atoms with E-state index in [1.807, 2.05) is 42.8 Å². The molecule has 0 unspecified atom stereocenters. The van der Waals surface area contributed by atoms with Crippen LogP contribution in [0.1, 0.15) is 39.9 Å². The summed E-state index contributed by atoms with van der Waals surface area (Å²) in [4.78, 5) is 23.3. The van der Waals surface area contributed by atoms with E-state index in [9.17, 15) is 14.9 Å². The Balaban J connectivity index is 1.88. The molecule has 0 aliphatic heterocycles. The van der Waals surface area contributed by atoms with Gasteiger partial charge in [0, 0.05) is 6.54 Å². The third-order valence-corrected chi connectivity index (χ3v) is 4.68. The zero-order valence-corrected chi connectivity index (χ0v) is 16.3. The average Bonchev–Trinajstić information content (AvgIpc) is 3.21. The molecule has 0 aliphatic rings. The summed E-state index contributed by atoms with van der Waals surface area (Å²) in [5.41, 5.74) is 3.70. The van der Waals surface area contributed by atoms with Gasteiger partial charge in [0.25, 0.3) is 5.91 Å². The number of aromatic nitrogens is 4. The molecule has 1 aromatic carbocycles. The normalized spacial score (nSPS) is 10.9. The van der Waals surface area contributed by atoms with Crippen LogP contribution in [-0.4, -0.2) is 30.4 Å². The Kier molecular flexibility index (Phi) is 5.25. The molecule has 0 atom stereocenters. The minimum absolute atomic E-state index is 0.211. The van der Waals surface area contributed by atoms with Crippen molar-refractivity contribution in [2.45, 2.75) is 40.8 Å². The lowest BCUT2D eigenvalue weighted by molar-refractivity contribution is -0.385. The molecular formula is C19H22N6O3. The molecule has 1 amide bonds. The third-order valence-electron chi connectivity index (χ3n) is 4.68. The van der Waals surface area contributed by atoms with Crippen LogP contribution in [-0.2, 0) is 13.1 Å². The Morgan fingerprint density at radius 1 is 1.21 bits per heavy atom. The number of amides is 1. The maximum atomic E-state index is 12.7. The van der Waals surface area contributed by atoms with Gasteiger partial charge in [-0.1, -0.05) is 24.3 Å². The van der Waals surface area contributed by atoms with Crippen molar-refractivity contribution in [2.75, 3.05) is 5.32 Å². The number of nitrogens with zero attached hydrogens (tertiary/aromatic N) is 5. The van der Waals surface area contributed by atoms with Gasteiger partial charge >= 0.3 is 5.69 Å². The fraction of sp³-hybridized carbons (Fsp3) is 0.316. The Bertz CT molecular complexity index is 1050. The Morgan fingerprint density at radius 2 is 1.93 bits per heavy atom. The molecule has 0 aliphatic carbocycles. The highest BCUT2D eigenvalue weighted by atomic mass is 16.6. The number of anilines is 1. The molecule has 9 heteroatoms. The second-order valence-corrected chi connectivity index (χ2v) is 6.56. The van der Waals surface area contributed by atoms with Gasteiger partial charge in [-0.15, -0.1) is 0 Å². The molecule has 0 spiro atoms. The van der Waals surface area contributed by atoms with Gasteiger partial charge in [0.05, 0.1) is 28.5 Å². The van der Waals surface area contributed by atoms with Gasteiger partial charge in [-0.2, -0.15) is 10.2 Å². The van der Waals surface area contributed by atoms with E-state index in [1.165, 1.54) is 10.9 Å². The number of nitro groups is 1. The molecule has 2 heterocycles. The molecule has 0 radical (unpaired) electrons. The van der Waals surface area contributed by atoms with Gasteiger partial charge < -0.3 is 5.32 Å². The molecule has 3 aromatic rings. The first-order valence-electron chi connectivity index (χ1n) is 8.93. The van der Waals surface area contributed by atoms with E-state index in [0.29, 0.717) is 24.5 Å². The standard InChI is InChI=1S/C19H22N6O3/c1-5-23-11-16(25(27)28)18(22-23)19(26)20-17-13(3)21-24(14(17)4)10-15-9-7-6-8-12(15)2/h6-9,11H,5,10H2,1-4H3,(H,20,26). The van der Waals surface area contributed by atoms with Gasteiger partial charge in [0.2, 0.25) is 5.69 Å². The number of nitrogens with one attached hydrogen (secondary N) is 1. The molecular weight excluding hydrogens is 360 g/mol. The van der Waals surface area contributed by atoms with Crippen molar-refractivity contribution in [1.29, 1.82) is 0 Å². The monoisotopic (exact) mass is 382 g/mol. The fourth-order valence-corrected chi connectivity index (χ4v) is 3.02. The largest absolute Gasteiger partial charge is 0.320 e. The van der Waals surface area contributed by atoms with Crippen molar-refractivity contribution < 1.29 is 9.72 Å². The van der Waals surface area contributed by atoms with Crippen molar-refractivity contribution >= 4 is 17.3 Å². The fourth-order valence-electron chi connectivity index (χ4n) is 3.02. The topological polar surface area (TPSA) is 108 Å². The van der Waals surface area contributed by atoms with Crippen molar-refractivity contribution in [3.63, 3.8) is 0 Å². The van der Waals surface area contributed by atoms with E-state index in [0.717, 1.165) is 16.8 Å². The summed E-state index contributed by atoms with van der Waals surface area (Å²) in [5.74, 6) is -0.624. The number of rotatable bonds is 6. The molecule has 146 valence electrons. The SMILES string of the molecule is CCn1cc([N+](=O)[O-])c(C(=O)Nc2c(C)nn(Cc3ccccc3C)c2C)n1. The molecule has 0 bridgehead atoms. The van der Waals surface area contributed by atoms with E-state index in [4.69, 9.17) is 0 Å².